The number of nitrogens with two attached hydrogens (primary N) is 1. The number of carbonyl (C=O) groups is 2. The largest absolute Gasteiger partial charge is 0.493 e. The van der Waals surface area contributed by atoms with Gasteiger partial charge in [-0.25, -0.2) is 0 Å². The second kappa shape index (κ2) is 9.26. The van der Waals surface area contributed by atoms with Crippen LogP contribution in [0.5, 0.6) is 11.5 Å². The number of hydrogen-bond acceptors (Lipinski definition) is 6. The summed E-state index contributed by atoms with van der Waals surface area (Å²) in [6.07, 6.45) is 4.94. The molecule has 2 amide bonds. The third kappa shape index (κ3) is 4.59. The number of aryl methyl sites for hydroxylation is 1. The lowest BCUT2D eigenvalue weighted by Gasteiger charge is -2.08. The number of furan rings is 1. The van der Waals surface area contributed by atoms with Gasteiger partial charge in [0.05, 0.1) is 12.7 Å². The Labute approximate surface area is 184 Å². The van der Waals surface area contributed by atoms with E-state index in [4.69, 9.17) is 19.6 Å². The molecule has 3 N–H and O–H groups in total. The smallest absolute Gasteiger partial charge is 0.291 e. The Kier molecular flexibility index (Phi) is 6.27. The fourth-order valence-corrected chi connectivity index (χ4v) is 5.01. The van der Waals surface area contributed by atoms with Gasteiger partial charge in [0.25, 0.3) is 11.8 Å². The number of benzene rings is 1. The molecule has 0 saturated heterocycles. The highest BCUT2D eigenvalue weighted by Gasteiger charge is 2.25. The van der Waals surface area contributed by atoms with E-state index in [1.54, 1.807) is 31.4 Å². The van der Waals surface area contributed by atoms with Crippen molar-refractivity contribution in [2.24, 2.45) is 5.73 Å². The van der Waals surface area contributed by atoms with Crippen LogP contribution in [0.1, 0.15) is 56.4 Å². The van der Waals surface area contributed by atoms with Gasteiger partial charge in [0.15, 0.2) is 17.3 Å². The number of anilines is 1. The fourth-order valence-electron chi connectivity index (χ4n) is 3.72. The van der Waals surface area contributed by atoms with Gasteiger partial charge < -0.3 is 24.9 Å². The highest BCUT2D eigenvalue weighted by Crippen LogP contribution is 2.37. The van der Waals surface area contributed by atoms with Crippen molar-refractivity contribution in [2.75, 3.05) is 12.4 Å². The topological polar surface area (TPSA) is 104 Å². The second-order valence-electron chi connectivity index (χ2n) is 7.29. The maximum absolute atomic E-state index is 12.7. The van der Waals surface area contributed by atoms with E-state index in [0.29, 0.717) is 27.8 Å². The molecule has 7 nitrogen and oxygen atoms in total. The molecule has 0 bridgehead atoms. The molecule has 0 saturated carbocycles. The molecule has 3 aromatic rings. The molecule has 2 heterocycles. The van der Waals surface area contributed by atoms with Crippen molar-refractivity contribution in [1.29, 1.82) is 0 Å². The normalized spacial score (nSPS) is 13.2. The summed E-state index contributed by atoms with van der Waals surface area (Å²) in [5, 5.41) is 3.31. The van der Waals surface area contributed by atoms with Crippen molar-refractivity contribution in [3.63, 3.8) is 0 Å². The Balaban J connectivity index is 1.47. The van der Waals surface area contributed by atoms with Crippen molar-refractivity contribution < 1.29 is 23.5 Å². The van der Waals surface area contributed by atoms with Gasteiger partial charge in [0.1, 0.15) is 17.4 Å². The van der Waals surface area contributed by atoms with Crippen molar-refractivity contribution in [3.8, 4) is 11.5 Å². The minimum atomic E-state index is -0.514. The minimum absolute atomic E-state index is 0.137. The summed E-state index contributed by atoms with van der Waals surface area (Å²) in [5.74, 6) is 0.885. The zero-order valence-electron chi connectivity index (χ0n) is 17.2. The summed E-state index contributed by atoms with van der Waals surface area (Å²) < 4.78 is 16.6. The number of primary amides is 1. The van der Waals surface area contributed by atoms with Crippen LogP contribution in [0.2, 0.25) is 0 Å². The number of ether oxygens (including phenoxy) is 2. The van der Waals surface area contributed by atoms with Crippen LogP contribution < -0.4 is 20.5 Å². The zero-order valence-corrected chi connectivity index (χ0v) is 18.1. The number of carbonyl (C=O) groups excluding carboxylic acids is 2. The predicted octanol–water partition coefficient (Wildman–Crippen LogP) is 4.55. The minimum Gasteiger partial charge on any atom is -0.493 e. The molecule has 0 fully saturated rings. The third-order valence-corrected chi connectivity index (χ3v) is 6.43. The third-order valence-electron chi connectivity index (χ3n) is 5.22. The first-order chi connectivity index (χ1) is 15.1. The molecule has 0 radical (unpaired) electrons. The monoisotopic (exact) mass is 440 g/mol. The molecular weight excluding hydrogens is 416 g/mol. The number of hydrogen-bond donors (Lipinski definition) is 2. The quantitative estimate of drug-likeness (QED) is 0.525. The molecule has 1 aromatic carbocycles. The van der Waals surface area contributed by atoms with Gasteiger partial charge in [0.2, 0.25) is 0 Å². The van der Waals surface area contributed by atoms with Crippen molar-refractivity contribution in [1.82, 2.24) is 0 Å². The Morgan fingerprint density at radius 2 is 1.87 bits per heavy atom. The molecule has 162 valence electrons. The fraction of sp³-hybridized carbons (Fsp3) is 0.304. The Bertz CT molecular complexity index is 1100. The standard InChI is InChI=1S/C23H24N2O5S/c1-28-16-8-5-6-9-17(16)29-13-14-11-12-18(30-14)22(27)25-23-20(21(24)26)15-7-3-2-4-10-19(15)31-23/h5-6,8-9,11-12H,2-4,7,10,13H2,1H3,(H2,24,26)(H,25,27). The molecule has 1 aliphatic rings. The van der Waals surface area contributed by atoms with Crippen LogP contribution in [-0.4, -0.2) is 18.9 Å². The second-order valence-corrected chi connectivity index (χ2v) is 8.40. The predicted molar refractivity (Wildman–Crippen MR) is 118 cm³/mol. The number of thiophene rings is 1. The van der Waals surface area contributed by atoms with E-state index < -0.39 is 11.8 Å². The molecule has 0 spiro atoms. The van der Waals surface area contributed by atoms with Gasteiger partial charge in [-0.3, -0.25) is 9.59 Å². The number of fused-ring (bicyclic) bond motifs is 1. The average molecular weight is 441 g/mol. The summed E-state index contributed by atoms with van der Waals surface area (Å²) >= 11 is 1.43. The molecule has 8 heteroatoms. The van der Waals surface area contributed by atoms with Crippen LogP contribution in [0.3, 0.4) is 0 Å². The van der Waals surface area contributed by atoms with E-state index >= 15 is 0 Å². The maximum Gasteiger partial charge on any atom is 0.291 e. The molecule has 0 atom stereocenters. The molecule has 2 aromatic heterocycles. The lowest BCUT2D eigenvalue weighted by molar-refractivity contribution is 0.0993. The van der Waals surface area contributed by atoms with Gasteiger partial charge in [-0.15, -0.1) is 11.3 Å². The van der Waals surface area contributed by atoms with Gasteiger partial charge in [-0.1, -0.05) is 18.6 Å². The SMILES string of the molecule is COc1ccccc1OCc1ccc(C(=O)Nc2sc3c(c2C(N)=O)CCCCC3)o1. The van der Waals surface area contributed by atoms with Crippen molar-refractivity contribution in [2.45, 2.75) is 38.7 Å². The number of nitrogens with one attached hydrogen (secondary N) is 1. The average Bonchev–Trinajstić information content (AvgIpc) is 3.31. The number of rotatable bonds is 7. The van der Waals surface area contributed by atoms with Crippen molar-refractivity contribution >= 4 is 28.2 Å². The van der Waals surface area contributed by atoms with E-state index in [2.05, 4.69) is 5.32 Å². The van der Waals surface area contributed by atoms with E-state index in [0.717, 1.165) is 42.5 Å². The van der Waals surface area contributed by atoms with E-state index in [1.165, 1.54) is 11.3 Å². The van der Waals surface area contributed by atoms with Gasteiger partial charge in [0, 0.05) is 4.88 Å². The van der Waals surface area contributed by atoms with Gasteiger partial charge >= 0.3 is 0 Å². The molecule has 0 unspecified atom stereocenters. The molecular formula is C23H24N2O5S. The van der Waals surface area contributed by atoms with Crippen LogP contribution in [0.15, 0.2) is 40.8 Å². The summed E-state index contributed by atoms with van der Waals surface area (Å²) in [6.45, 7) is 0.146. The molecule has 4 rings (SSSR count). The summed E-state index contributed by atoms with van der Waals surface area (Å²) in [5.41, 5.74) is 7.05. The maximum atomic E-state index is 12.7. The first kappa shape index (κ1) is 21.0. The molecule has 1 aliphatic carbocycles. The van der Waals surface area contributed by atoms with Crippen LogP contribution in [0.4, 0.5) is 5.00 Å². The lowest BCUT2D eigenvalue weighted by Crippen LogP contribution is -2.17. The van der Waals surface area contributed by atoms with E-state index in [9.17, 15) is 9.59 Å². The number of para-hydroxylation sites is 2. The number of methoxy groups -OCH3 is 1. The highest BCUT2D eigenvalue weighted by molar-refractivity contribution is 7.17. The summed E-state index contributed by atoms with van der Waals surface area (Å²) in [4.78, 5) is 26.0. The van der Waals surface area contributed by atoms with Gasteiger partial charge in [-0.2, -0.15) is 0 Å². The van der Waals surface area contributed by atoms with Crippen molar-refractivity contribution in [3.05, 3.63) is 63.9 Å². The van der Waals surface area contributed by atoms with Crippen LogP contribution >= 0.6 is 11.3 Å². The Morgan fingerprint density at radius 3 is 2.65 bits per heavy atom. The lowest BCUT2D eigenvalue weighted by atomic mass is 10.1. The highest BCUT2D eigenvalue weighted by atomic mass is 32.1. The van der Waals surface area contributed by atoms with E-state index in [-0.39, 0.29) is 12.4 Å². The van der Waals surface area contributed by atoms with Crippen LogP contribution in [-0.2, 0) is 19.4 Å². The Hall–Kier alpha value is -3.26. The first-order valence-corrected chi connectivity index (χ1v) is 11.0. The summed E-state index contributed by atoms with van der Waals surface area (Å²) in [7, 11) is 1.57. The van der Waals surface area contributed by atoms with Crippen LogP contribution in [0, 0.1) is 0 Å². The van der Waals surface area contributed by atoms with Crippen LogP contribution in [0.25, 0.3) is 0 Å². The number of amides is 2. The zero-order chi connectivity index (χ0) is 21.8. The molecule has 0 aliphatic heterocycles. The molecule has 31 heavy (non-hydrogen) atoms. The summed E-state index contributed by atoms with van der Waals surface area (Å²) in [6, 6.07) is 10.6. The first-order valence-electron chi connectivity index (χ1n) is 10.2. The van der Waals surface area contributed by atoms with Gasteiger partial charge in [-0.05, 0) is 55.5 Å². The van der Waals surface area contributed by atoms with E-state index in [1.807, 2.05) is 12.1 Å². The Morgan fingerprint density at radius 1 is 1.10 bits per heavy atom.